The molecule has 20 heteroatoms. The molecule has 2 aromatic rings. The first kappa shape index (κ1) is 54.1. The number of amides is 2. The monoisotopic (exact) mass is 897 g/mol. The Balaban J connectivity index is 0.000000362. The first-order chi connectivity index (χ1) is 28.3. The number of H-pyrrole nitrogens is 1. The van der Waals surface area contributed by atoms with E-state index >= 15 is 0 Å². The Morgan fingerprint density at radius 3 is 1.69 bits per heavy atom. The molecule has 2 N–H and O–H groups in total. The van der Waals surface area contributed by atoms with Gasteiger partial charge in [-0.15, -0.1) is 0 Å². The number of aromatic nitrogens is 2. The van der Waals surface area contributed by atoms with Crippen molar-refractivity contribution < 1.29 is 81.2 Å². The molecule has 0 bridgehead atoms. The molecule has 0 saturated carbocycles. The molecule has 4 aliphatic heterocycles. The number of nitrogens with one attached hydrogen (secondary N) is 1. The molecule has 6 heterocycles. The number of ether oxygens (including phenoxy) is 3. The Kier molecular flexibility index (Phi) is 24.8. The largest absolute Gasteiger partial charge is 1.00 e. The maximum Gasteiger partial charge on any atom is 1.00 e. The van der Waals surface area contributed by atoms with Crippen molar-refractivity contribution in [3.8, 4) is 5.88 Å². The standard InChI is InChI=1S/C20H29F2N3O3.C19H29N3O3.C2ClF2O.Na.H2O/c1-2-27-20(26)25-11-4-5-16(9-14-25)24-12-7-15(8-13-24)17-6-3-10-23-18(17)28-19(21)22;1-2-25-19(24)22-11-4-5-16(9-14-22)21-12-7-15(8-13-21)17-6-3-10-20-18(17)23;3-2(4,5)1-6;;/h3,6,10,15-16,19H,2,4-5,7-9,11-14H2,1H3;3,6,10,15-16H,2,4-5,7-9,11-14H2,1H3,(H,20,23);;;1H2/q;;-1;+1;/p-1. The first-order valence-electron chi connectivity index (χ1n) is 20.7. The molecule has 4 aliphatic rings. The van der Waals surface area contributed by atoms with Gasteiger partial charge in [-0.2, -0.15) is 15.1 Å². The van der Waals surface area contributed by atoms with Gasteiger partial charge in [0, 0.05) is 61.8 Å². The van der Waals surface area contributed by atoms with Gasteiger partial charge < -0.3 is 49.1 Å². The number of hydrogen-bond acceptors (Lipinski definition) is 11. The zero-order chi connectivity index (χ0) is 42.8. The normalized spacial score (nSPS) is 20.8. The molecule has 6 rings (SSSR count). The maximum atomic E-state index is 12.6. The van der Waals surface area contributed by atoms with Crippen LogP contribution in [-0.2, 0) is 14.3 Å². The Labute approximate surface area is 382 Å². The van der Waals surface area contributed by atoms with Crippen molar-refractivity contribution in [3.05, 3.63) is 58.1 Å². The minimum atomic E-state index is -3.79. The number of rotatable bonds is 9. The smallest absolute Gasteiger partial charge is 0.870 e. The summed E-state index contributed by atoms with van der Waals surface area (Å²) in [6, 6.07) is 8.48. The molecule has 2 unspecified atom stereocenters. The molecule has 14 nitrogen and oxygen atoms in total. The van der Waals surface area contributed by atoms with Gasteiger partial charge >= 0.3 is 48.4 Å². The number of halogens is 5. The number of aromatic amines is 1. The minimum Gasteiger partial charge on any atom is -0.870 e. The second-order valence-corrected chi connectivity index (χ2v) is 15.5. The van der Waals surface area contributed by atoms with E-state index in [2.05, 4.69) is 36.1 Å². The van der Waals surface area contributed by atoms with Gasteiger partial charge in [-0.25, -0.2) is 23.4 Å². The minimum absolute atomic E-state index is 0. The molecule has 338 valence electrons. The zero-order valence-electron chi connectivity index (χ0n) is 35.4. The number of hydrogen-bond donors (Lipinski definition) is 1. The summed E-state index contributed by atoms with van der Waals surface area (Å²) < 4.78 is 61.7. The third-order valence-corrected chi connectivity index (χ3v) is 11.5. The van der Waals surface area contributed by atoms with E-state index in [1.807, 2.05) is 36.9 Å². The molecule has 2 amide bonds. The van der Waals surface area contributed by atoms with Crippen molar-refractivity contribution in [2.45, 2.75) is 114 Å². The van der Waals surface area contributed by atoms with Gasteiger partial charge in [0.2, 0.25) is 11.3 Å². The van der Waals surface area contributed by atoms with Crippen LogP contribution in [0.15, 0.2) is 41.5 Å². The Bertz CT molecular complexity index is 1650. The zero-order valence-corrected chi connectivity index (χ0v) is 38.2. The summed E-state index contributed by atoms with van der Waals surface area (Å²) in [5, 5.41) is -3.79. The number of alkyl halides is 5. The van der Waals surface area contributed by atoms with Crippen LogP contribution in [0.3, 0.4) is 0 Å². The van der Waals surface area contributed by atoms with Crippen LogP contribution in [0.2, 0.25) is 0 Å². The van der Waals surface area contributed by atoms with Crippen LogP contribution in [0.4, 0.5) is 27.2 Å². The SMILES string of the molecule is CCOC(=O)N1CCCC(N2CCC(c3ccc[nH]c3=O)CC2)CC1.CCOC(=O)N1CCCC(N2CCC(c3cccnc3OC(F)F)CC2)CC1.O=[C-]C(F)(F)Cl.[Na+].[OH-]. The molecule has 0 aliphatic carbocycles. The van der Waals surface area contributed by atoms with Gasteiger partial charge in [-0.1, -0.05) is 23.7 Å². The van der Waals surface area contributed by atoms with Crippen molar-refractivity contribution >= 4 is 30.1 Å². The van der Waals surface area contributed by atoms with Gasteiger partial charge in [0.05, 0.1) is 13.2 Å². The van der Waals surface area contributed by atoms with Gasteiger partial charge in [0.25, 0.3) is 5.56 Å². The first-order valence-corrected chi connectivity index (χ1v) is 21.1. The molecule has 2 atom stereocenters. The van der Waals surface area contributed by atoms with Crippen LogP contribution >= 0.6 is 11.6 Å². The fourth-order valence-corrected chi connectivity index (χ4v) is 8.49. The van der Waals surface area contributed by atoms with E-state index in [9.17, 15) is 31.9 Å². The average Bonchev–Trinajstić information content (AvgIpc) is 3.64. The average molecular weight is 898 g/mol. The molecule has 0 radical (unpaired) electrons. The van der Waals surface area contributed by atoms with Gasteiger partial charge in [-0.05, 0) is 128 Å². The molecule has 0 aromatic carbocycles. The molecular weight excluding hydrogens is 839 g/mol. The number of piperidine rings is 2. The van der Waals surface area contributed by atoms with Gasteiger partial charge in [-0.3, -0.25) is 4.79 Å². The molecule has 0 spiro atoms. The van der Waals surface area contributed by atoms with E-state index in [-0.39, 0.29) is 70.9 Å². The third kappa shape index (κ3) is 18.0. The molecule has 61 heavy (non-hydrogen) atoms. The number of pyridine rings is 2. The summed E-state index contributed by atoms with van der Waals surface area (Å²) in [6.07, 6.45) is 13.1. The molecular formula is C41H59ClF4N6NaO8-. The fraction of sp³-hybridized carbons (Fsp3) is 0.683. The van der Waals surface area contributed by atoms with Crippen LogP contribution in [0, 0.1) is 0 Å². The van der Waals surface area contributed by atoms with Gasteiger partial charge in [0.1, 0.15) is 0 Å². The van der Waals surface area contributed by atoms with E-state index < -0.39 is 12.0 Å². The van der Waals surface area contributed by atoms with Crippen molar-refractivity contribution in [3.63, 3.8) is 0 Å². The van der Waals surface area contributed by atoms with E-state index in [0.29, 0.717) is 31.2 Å². The van der Waals surface area contributed by atoms with Crippen molar-refractivity contribution in [1.82, 2.24) is 29.6 Å². The summed E-state index contributed by atoms with van der Waals surface area (Å²) in [5.41, 5.74) is 1.76. The van der Waals surface area contributed by atoms with Crippen LogP contribution in [0.1, 0.15) is 101 Å². The molecule has 4 saturated heterocycles. The van der Waals surface area contributed by atoms with Crippen molar-refractivity contribution in [2.75, 3.05) is 65.6 Å². The number of carbonyl (C=O) groups is 2. The van der Waals surface area contributed by atoms with Crippen LogP contribution in [-0.4, -0.2) is 143 Å². The maximum absolute atomic E-state index is 12.6. The summed E-state index contributed by atoms with van der Waals surface area (Å²) in [7, 11) is 0. The second-order valence-electron chi connectivity index (χ2n) is 15.0. The Morgan fingerprint density at radius 1 is 0.803 bits per heavy atom. The van der Waals surface area contributed by atoms with Crippen molar-refractivity contribution in [2.24, 2.45) is 0 Å². The van der Waals surface area contributed by atoms with E-state index in [1.165, 1.54) is 6.20 Å². The molecule has 2 aromatic heterocycles. The Morgan fingerprint density at radius 2 is 1.26 bits per heavy atom. The predicted octanol–water partition coefficient (Wildman–Crippen LogP) is 4.19. The van der Waals surface area contributed by atoms with Crippen molar-refractivity contribution in [1.29, 1.82) is 0 Å². The van der Waals surface area contributed by atoms with Crippen LogP contribution in [0.25, 0.3) is 0 Å². The predicted molar refractivity (Wildman–Crippen MR) is 216 cm³/mol. The van der Waals surface area contributed by atoms with E-state index in [4.69, 9.17) is 14.3 Å². The summed E-state index contributed by atoms with van der Waals surface area (Å²) in [5.74, 6) is 0.596. The number of nitrogens with zero attached hydrogens (tertiary/aromatic N) is 5. The van der Waals surface area contributed by atoms with E-state index in [0.717, 1.165) is 128 Å². The number of likely N-dealkylation sites (tertiary alicyclic amines) is 4. The fourth-order valence-electron chi connectivity index (χ4n) is 8.49. The summed E-state index contributed by atoms with van der Waals surface area (Å²) in [6.45, 7) is 8.58. The summed E-state index contributed by atoms with van der Waals surface area (Å²) >= 11 is 3.96. The Hall–Kier alpha value is -3.00. The molecule has 4 fully saturated rings. The topological polar surface area (TPSA) is 168 Å². The second kappa shape index (κ2) is 27.9. The van der Waals surface area contributed by atoms with Crippen LogP contribution < -0.4 is 39.9 Å². The quantitative estimate of drug-likeness (QED) is 0.166. The van der Waals surface area contributed by atoms with Crippen LogP contribution in [0.5, 0.6) is 5.88 Å². The van der Waals surface area contributed by atoms with E-state index in [1.54, 1.807) is 17.2 Å². The third-order valence-electron chi connectivity index (χ3n) is 11.4. The van der Waals surface area contributed by atoms with Gasteiger partial charge in [0.15, 0.2) is 0 Å². The number of carbonyl (C=O) groups excluding carboxylic acids is 3. The summed E-state index contributed by atoms with van der Waals surface area (Å²) in [4.78, 5) is 60.2.